The predicted octanol–water partition coefficient (Wildman–Crippen LogP) is 4.69. The van der Waals surface area contributed by atoms with Crippen LogP contribution in [0.15, 0.2) is 47.5 Å². The minimum atomic E-state index is -0.128. The van der Waals surface area contributed by atoms with Crippen LogP contribution in [0.3, 0.4) is 0 Å². The monoisotopic (exact) mass is 360 g/mol. The number of carbonyl (C=O) groups is 1. The van der Waals surface area contributed by atoms with Crippen LogP contribution >= 0.6 is 15.9 Å². The Morgan fingerprint density at radius 2 is 1.86 bits per heavy atom. The van der Waals surface area contributed by atoms with Crippen molar-refractivity contribution < 1.29 is 4.79 Å². The first-order chi connectivity index (χ1) is 10.3. The molecule has 0 aliphatic rings. The Balaban J connectivity index is 2.52. The average molecular weight is 361 g/mol. The van der Waals surface area contributed by atoms with Crippen LogP contribution in [0.2, 0.25) is 0 Å². The number of anilines is 1. The lowest BCUT2D eigenvalue weighted by molar-refractivity contribution is 0.0960. The molecule has 0 fully saturated rings. The van der Waals surface area contributed by atoms with E-state index in [0.717, 1.165) is 20.9 Å². The zero-order valence-corrected chi connectivity index (χ0v) is 14.8. The Kier molecular flexibility index (Phi) is 4.91. The molecule has 116 valence electrons. The first kappa shape index (κ1) is 16.6. The lowest BCUT2D eigenvalue weighted by atomic mass is 9.99. The van der Waals surface area contributed by atoms with Crippen molar-refractivity contribution in [3.63, 3.8) is 0 Å². The summed E-state index contributed by atoms with van der Waals surface area (Å²) in [5.41, 5.74) is 1.38. The Labute approximate surface area is 139 Å². The van der Waals surface area contributed by atoms with Crippen molar-refractivity contribution in [1.29, 1.82) is 0 Å². The Morgan fingerprint density at radius 3 is 2.50 bits per heavy atom. The third-order valence-corrected chi connectivity index (χ3v) is 3.39. The van der Waals surface area contributed by atoms with Gasteiger partial charge < -0.3 is 10.6 Å². The zero-order chi connectivity index (χ0) is 16.3. The van der Waals surface area contributed by atoms with Gasteiger partial charge >= 0.3 is 0 Å². The quantitative estimate of drug-likeness (QED) is 0.830. The van der Waals surface area contributed by atoms with E-state index >= 15 is 0 Å². The zero-order valence-electron chi connectivity index (χ0n) is 13.2. The number of halogens is 1. The van der Waals surface area contributed by atoms with Crippen molar-refractivity contribution in [3.05, 3.63) is 53.0 Å². The van der Waals surface area contributed by atoms with Crippen LogP contribution in [-0.4, -0.2) is 18.0 Å². The number of hydrogen-bond acceptors (Lipinski definition) is 2. The summed E-state index contributed by atoms with van der Waals surface area (Å²) >= 11 is 3.27. The fraction of sp³-hybridized carbons (Fsp3) is 0.278. The maximum absolute atomic E-state index is 12.7. The van der Waals surface area contributed by atoms with E-state index in [0.29, 0.717) is 12.1 Å². The second-order valence-electron chi connectivity index (χ2n) is 6.28. The van der Waals surface area contributed by atoms with E-state index in [1.807, 2.05) is 36.4 Å². The number of hydrogen-bond donors (Lipinski definition) is 2. The molecular weight excluding hydrogens is 340 g/mol. The lowest BCUT2D eigenvalue weighted by Crippen LogP contribution is -2.30. The van der Waals surface area contributed by atoms with Gasteiger partial charge in [-0.3, -0.25) is 4.79 Å². The van der Waals surface area contributed by atoms with E-state index in [-0.39, 0.29) is 11.4 Å². The van der Waals surface area contributed by atoms with E-state index in [4.69, 9.17) is 0 Å². The molecule has 0 heterocycles. The Bertz CT molecular complexity index is 717. The minimum absolute atomic E-state index is 0.107. The largest absolute Gasteiger partial charge is 0.380 e. The van der Waals surface area contributed by atoms with E-state index in [9.17, 15) is 4.79 Å². The molecule has 0 saturated carbocycles. The number of amides is 1. The van der Waals surface area contributed by atoms with Gasteiger partial charge in [0.2, 0.25) is 0 Å². The number of carbonyl (C=O) groups excluding carboxylic acids is 1. The van der Waals surface area contributed by atoms with Crippen LogP contribution in [-0.2, 0) is 0 Å². The highest BCUT2D eigenvalue weighted by molar-refractivity contribution is 9.11. The predicted molar refractivity (Wildman–Crippen MR) is 97.7 cm³/mol. The van der Waals surface area contributed by atoms with E-state index in [1.165, 1.54) is 0 Å². The summed E-state index contributed by atoms with van der Waals surface area (Å²) < 4.78 is 0.742. The number of nitrogens with one attached hydrogen (secondary N) is 2. The van der Waals surface area contributed by atoms with Gasteiger partial charge in [0, 0.05) is 22.3 Å². The van der Waals surface area contributed by atoms with Crippen LogP contribution in [0.5, 0.6) is 0 Å². The molecule has 3 nitrogen and oxygen atoms in total. The van der Waals surface area contributed by atoms with Gasteiger partial charge in [-0.25, -0.2) is 0 Å². The summed E-state index contributed by atoms with van der Waals surface area (Å²) in [6, 6.07) is 11.9. The van der Waals surface area contributed by atoms with Crippen LogP contribution in [0.25, 0.3) is 10.8 Å². The molecular formula is C18H21BrN2O. The maximum atomic E-state index is 12.7. The third kappa shape index (κ3) is 4.10. The van der Waals surface area contributed by atoms with E-state index < -0.39 is 0 Å². The molecule has 0 spiro atoms. The van der Waals surface area contributed by atoms with Crippen LogP contribution in [0.4, 0.5) is 5.69 Å². The van der Waals surface area contributed by atoms with Crippen molar-refractivity contribution in [2.75, 3.05) is 11.9 Å². The molecule has 2 rings (SSSR count). The molecule has 2 aromatic carbocycles. The maximum Gasteiger partial charge on any atom is 0.254 e. The van der Waals surface area contributed by atoms with Crippen LogP contribution in [0.1, 0.15) is 31.1 Å². The Hall–Kier alpha value is -1.81. The molecule has 0 unspecified atom stereocenters. The van der Waals surface area contributed by atoms with Crippen molar-refractivity contribution in [3.8, 4) is 0 Å². The molecule has 0 aliphatic carbocycles. The molecule has 2 N–H and O–H groups in total. The van der Waals surface area contributed by atoms with Crippen molar-refractivity contribution >= 4 is 38.3 Å². The van der Waals surface area contributed by atoms with Crippen molar-refractivity contribution in [2.45, 2.75) is 26.3 Å². The van der Waals surface area contributed by atoms with Gasteiger partial charge in [0.25, 0.3) is 5.91 Å². The lowest BCUT2D eigenvalue weighted by Gasteiger charge is -2.24. The van der Waals surface area contributed by atoms with Crippen LogP contribution < -0.4 is 10.6 Å². The van der Waals surface area contributed by atoms with Gasteiger partial charge in [0.1, 0.15) is 0 Å². The molecule has 4 heteroatoms. The fourth-order valence-corrected chi connectivity index (χ4v) is 2.43. The topological polar surface area (TPSA) is 41.1 Å². The van der Waals surface area contributed by atoms with E-state index in [1.54, 1.807) is 0 Å². The molecule has 22 heavy (non-hydrogen) atoms. The second-order valence-corrected chi connectivity index (χ2v) is 7.41. The highest BCUT2D eigenvalue weighted by Gasteiger charge is 2.19. The Morgan fingerprint density at radius 1 is 1.18 bits per heavy atom. The third-order valence-electron chi connectivity index (χ3n) is 3.11. The molecule has 2 aromatic rings. The molecule has 0 aromatic heterocycles. The van der Waals surface area contributed by atoms with Gasteiger partial charge in [0.15, 0.2) is 0 Å². The molecule has 0 aliphatic heterocycles. The van der Waals surface area contributed by atoms with Gasteiger partial charge in [-0.1, -0.05) is 52.8 Å². The first-order valence-corrected chi connectivity index (χ1v) is 7.98. The summed E-state index contributed by atoms with van der Waals surface area (Å²) in [6.45, 7) is 10.4. The minimum Gasteiger partial charge on any atom is -0.380 e. The molecule has 0 radical (unpaired) electrons. The molecule has 0 saturated heterocycles. The van der Waals surface area contributed by atoms with Gasteiger partial charge in [-0.05, 0) is 37.6 Å². The van der Waals surface area contributed by atoms with Crippen molar-refractivity contribution in [2.24, 2.45) is 0 Å². The highest BCUT2D eigenvalue weighted by atomic mass is 79.9. The van der Waals surface area contributed by atoms with Gasteiger partial charge in [0.05, 0.1) is 5.56 Å². The fourth-order valence-electron chi connectivity index (χ4n) is 2.29. The molecule has 1 amide bonds. The van der Waals surface area contributed by atoms with Gasteiger partial charge in [-0.2, -0.15) is 0 Å². The normalized spacial score (nSPS) is 11.3. The number of rotatable bonds is 4. The average Bonchev–Trinajstić information content (AvgIpc) is 2.43. The molecule has 0 atom stereocenters. The summed E-state index contributed by atoms with van der Waals surface area (Å²) in [4.78, 5) is 12.7. The summed E-state index contributed by atoms with van der Waals surface area (Å²) in [5.74, 6) is -0.107. The van der Waals surface area contributed by atoms with Crippen molar-refractivity contribution in [1.82, 2.24) is 5.32 Å². The number of fused-ring (bicyclic) bond motifs is 1. The SMILES string of the molecule is C=C(Br)CNC(=O)c1c(NC(C)(C)C)ccc2ccccc12. The van der Waals surface area contributed by atoms with E-state index in [2.05, 4.69) is 53.9 Å². The second kappa shape index (κ2) is 6.53. The molecule has 0 bridgehead atoms. The summed E-state index contributed by atoms with van der Waals surface area (Å²) in [7, 11) is 0. The van der Waals surface area contributed by atoms with Crippen LogP contribution in [0, 0.1) is 0 Å². The smallest absolute Gasteiger partial charge is 0.254 e. The van der Waals surface area contributed by atoms with Gasteiger partial charge in [-0.15, -0.1) is 0 Å². The first-order valence-electron chi connectivity index (χ1n) is 7.19. The highest BCUT2D eigenvalue weighted by Crippen LogP contribution is 2.28. The summed E-state index contributed by atoms with van der Waals surface area (Å²) in [6.07, 6.45) is 0. The number of benzene rings is 2. The summed E-state index contributed by atoms with van der Waals surface area (Å²) in [5, 5.41) is 8.29. The standard InChI is InChI=1S/C18H21BrN2O/c1-12(19)11-20-17(22)16-14-8-6-5-7-13(14)9-10-15(16)21-18(2,3)4/h5-10,21H,1,11H2,2-4H3,(H,20,22).